The summed E-state index contributed by atoms with van der Waals surface area (Å²) in [5.41, 5.74) is 5.60. The minimum atomic E-state index is 0.869. The van der Waals surface area contributed by atoms with E-state index in [-0.39, 0.29) is 0 Å². The van der Waals surface area contributed by atoms with Gasteiger partial charge in [-0.2, -0.15) is 0 Å². The molecule has 1 unspecified atom stereocenters. The van der Waals surface area contributed by atoms with Gasteiger partial charge in [0.1, 0.15) is 0 Å². The minimum absolute atomic E-state index is 0.869. The van der Waals surface area contributed by atoms with Crippen molar-refractivity contribution in [3.63, 3.8) is 0 Å². The summed E-state index contributed by atoms with van der Waals surface area (Å²) in [5, 5.41) is 0. The van der Waals surface area contributed by atoms with Crippen LogP contribution >= 0.6 is 0 Å². The number of nitrogens with zero attached hydrogens (tertiary/aromatic N) is 1. The molecular weight excluding hydrogens is 184 g/mol. The molecule has 1 saturated carbocycles. The van der Waals surface area contributed by atoms with E-state index in [0.29, 0.717) is 0 Å². The highest BCUT2D eigenvalue weighted by Gasteiger charge is 2.27. The Balaban J connectivity index is 1.74. The molecule has 1 atom stereocenters. The Labute approximate surface area is 94.2 Å². The van der Waals surface area contributed by atoms with E-state index < -0.39 is 0 Å². The van der Waals surface area contributed by atoms with Crippen molar-refractivity contribution in [2.75, 3.05) is 19.6 Å². The fraction of sp³-hybridized carbons (Fsp3) is 1.00. The van der Waals surface area contributed by atoms with E-state index in [0.717, 1.165) is 18.5 Å². The Morgan fingerprint density at radius 3 is 2.60 bits per heavy atom. The molecule has 2 rings (SSSR count). The monoisotopic (exact) mass is 210 g/mol. The third-order valence-corrected chi connectivity index (χ3v) is 4.21. The molecule has 15 heavy (non-hydrogen) atoms. The normalized spacial score (nSPS) is 29.0. The third kappa shape index (κ3) is 3.18. The Kier molecular flexibility index (Phi) is 4.45. The van der Waals surface area contributed by atoms with Crippen LogP contribution in [0.4, 0.5) is 0 Å². The predicted molar refractivity (Wildman–Crippen MR) is 64.8 cm³/mol. The summed E-state index contributed by atoms with van der Waals surface area (Å²) >= 11 is 0. The number of hydrogen-bond acceptors (Lipinski definition) is 2. The molecule has 2 nitrogen and oxygen atoms in total. The summed E-state index contributed by atoms with van der Waals surface area (Å²) in [6.45, 7) is 3.61. The van der Waals surface area contributed by atoms with Crippen LogP contribution in [0.1, 0.15) is 51.4 Å². The molecule has 2 fully saturated rings. The van der Waals surface area contributed by atoms with Gasteiger partial charge < -0.3 is 10.6 Å². The zero-order chi connectivity index (χ0) is 10.5. The van der Waals surface area contributed by atoms with Gasteiger partial charge in [0.05, 0.1) is 0 Å². The van der Waals surface area contributed by atoms with Crippen LogP contribution in [0.2, 0.25) is 0 Å². The van der Waals surface area contributed by atoms with E-state index >= 15 is 0 Å². The first-order valence-corrected chi connectivity index (χ1v) is 6.84. The fourth-order valence-electron chi connectivity index (χ4n) is 3.34. The number of nitrogens with two attached hydrogens (primary N) is 1. The van der Waals surface area contributed by atoms with Crippen LogP contribution in [0.3, 0.4) is 0 Å². The highest BCUT2D eigenvalue weighted by atomic mass is 15.2. The van der Waals surface area contributed by atoms with Crippen molar-refractivity contribution >= 4 is 0 Å². The molecule has 0 aromatic heterocycles. The van der Waals surface area contributed by atoms with Gasteiger partial charge >= 0.3 is 0 Å². The maximum absolute atomic E-state index is 5.60. The Morgan fingerprint density at radius 2 is 1.87 bits per heavy atom. The van der Waals surface area contributed by atoms with E-state index in [9.17, 15) is 0 Å². The van der Waals surface area contributed by atoms with E-state index in [4.69, 9.17) is 5.73 Å². The van der Waals surface area contributed by atoms with Gasteiger partial charge in [0, 0.05) is 12.6 Å². The van der Waals surface area contributed by atoms with Gasteiger partial charge in [-0.15, -0.1) is 0 Å². The molecule has 0 aromatic rings. The number of hydrogen-bond donors (Lipinski definition) is 1. The van der Waals surface area contributed by atoms with Crippen molar-refractivity contribution in [2.45, 2.75) is 57.4 Å². The van der Waals surface area contributed by atoms with Gasteiger partial charge in [0.2, 0.25) is 0 Å². The van der Waals surface area contributed by atoms with Crippen LogP contribution in [0, 0.1) is 5.92 Å². The minimum Gasteiger partial charge on any atom is -0.330 e. The zero-order valence-corrected chi connectivity index (χ0v) is 9.96. The molecule has 1 heterocycles. The highest BCUT2D eigenvalue weighted by Crippen LogP contribution is 2.29. The summed E-state index contributed by atoms with van der Waals surface area (Å²) in [4.78, 5) is 2.76. The van der Waals surface area contributed by atoms with Crippen molar-refractivity contribution in [3.8, 4) is 0 Å². The molecule has 2 aliphatic rings. The Morgan fingerprint density at radius 1 is 1.07 bits per heavy atom. The summed E-state index contributed by atoms with van der Waals surface area (Å²) in [6, 6.07) is 0.870. The third-order valence-electron chi connectivity index (χ3n) is 4.21. The number of rotatable bonds is 5. The summed E-state index contributed by atoms with van der Waals surface area (Å²) in [7, 11) is 0. The first-order chi connectivity index (χ1) is 7.40. The SMILES string of the molecule is NCCCC1CCCN1CC1CCCC1. The standard InChI is InChI=1S/C13H26N2/c14-9-3-7-13-8-4-10-15(13)11-12-5-1-2-6-12/h12-13H,1-11,14H2. The Bertz CT molecular complexity index is 175. The molecule has 2 heteroatoms. The largest absolute Gasteiger partial charge is 0.330 e. The maximum atomic E-state index is 5.60. The average molecular weight is 210 g/mol. The average Bonchev–Trinajstić information content (AvgIpc) is 2.87. The lowest BCUT2D eigenvalue weighted by molar-refractivity contribution is 0.205. The van der Waals surface area contributed by atoms with Gasteiger partial charge in [0.25, 0.3) is 0 Å². The second-order valence-electron chi connectivity index (χ2n) is 5.37. The molecular formula is C13H26N2. The lowest BCUT2D eigenvalue weighted by Crippen LogP contribution is -2.33. The molecule has 0 spiro atoms. The van der Waals surface area contributed by atoms with Gasteiger partial charge in [0.15, 0.2) is 0 Å². The lowest BCUT2D eigenvalue weighted by atomic mass is 10.1. The van der Waals surface area contributed by atoms with Crippen LogP contribution in [0.5, 0.6) is 0 Å². The quantitative estimate of drug-likeness (QED) is 0.755. The zero-order valence-electron chi connectivity index (χ0n) is 9.96. The first kappa shape index (κ1) is 11.4. The van der Waals surface area contributed by atoms with E-state index in [1.54, 1.807) is 0 Å². The molecule has 0 radical (unpaired) electrons. The molecule has 1 aliphatic carbocycles. The second kappa shape index (κ2) is 5.86. The van der Waals surface area contributed by atoms with Crippen molar-refractivity contribution < 1.29 is 0 Å². The lowest BCUT2D eigenvalue weighted by Gasteiger charge is -2.27. The molecule has 1 aliphatic heterocycles. The summed E-state index contributed by atoms with van der Waals surface area (Å²) in [5.74, 6) is 1.02. The van der Waals surface area contributed by atoms with Crippen molar-refractivity contribution in [3.05, 3.63) is 0 Å². The van der Waals surface area contributed by atoms with Gasteiger partial charge in [-0.05, 0) is 57.5 Å². The topological polar surface area (TPSA) is 29.3 Å². The molecule has 2 N–H and O–H groups in total. The molecule has 0 aromatic carbocycles. The summed E-state index contributed by atoms with van der Waals surface area (Å²) < 4.78 is 0. The predicted octanol–water partition coefficient (Wildman–Crippen LogP) is 2.38. The van der Waals surface area contributed by atoms with E-state index in [1.165, 1.54) is 64.5 Å². The van der Waals surface area contributed by atoms with Crippen LogP contribution in [-0.4, -0.2) is 30.6 Å². The van der Waals surface area contributed by atoms with Crippen LogP contribution in [0.25, 0.3) is 0 Å². The fourth-order valence-corrected chi connectivity index (χ4v) is 3.34. The van der Waals surface area contributed by atoms with Gasteiger partial charge in [-0.25, -0.2) is 0 Å². The summed E-state index contributed by atoms with van der Waals surface area (Å²) in [6.07, 6.45) is 11.3. The molecule has 88 valence electrons. The highest BCUT2D eigenvalue weighted by molar-refractivity contribution is 4.82. The Hall–Kier alpha value is -0.0800. The van der Waals surface area contributed by atoms with Crippen LogP contribution in [-0.2, 0) is 0 Å². The second-order valence-corrected chi connectivity index (χ2v) is 5.37. The first-order valence-electron chi connectivity index (χ1n) is 6.84. The van der Waals surface area contributed by atoms with E-state index in [2.05, 4.69) is 4.90 Å². The van der Waals surface area contributed by atoms with Gasteiger partial charge in [-0.3, -0.25) is 0 Å². The maximum Gasteiger partial charge on any atom is 0.00963 e. The van der Waals surface area contributed by atoms with Crippen LogP contribution in [0.15, 0.2) is 0 Å². The van der Waals surface area contributed by atoms with Crippen molar-refractivity contribution in [1.29, 1.82) is 0 Å². The van der Waals surface area contributed by atoms with Crippen molar-refractivity contribution in [2.24, 2.45) is 11.7 Å². The molecule has 0 amide bonds. The smallest absolute Gasteiger partial charge is 0.00963 e. The molecule has 0 bridgehead atoms. The number of likely N-dealkylation sites (tertiary alicyclic amines) is 1. The van der Waals surface area contributed by atoms with Crippen molar-refractivity contribution in [1.82, 2.24) is 4.90 Å². The molecule has 1 saturated heterocycles. The van der Waals surface area contributed by atoms with Gasteiger partial charge in [-0.1, -0.05) is 12.8 Å². The van der Waals surface area contributed by atoms with Crippen LogP contribution < -0.4 is 5.73 Å². The van der Waals surface area contributed by atoms with E-state index in [1.807, 2.05) is 0 Å².